The van der Waals surface area contributed by atoms with Gasteiger partial charge in [-0.15, -0.1) is 0 Å². The molecule has 1 aromatic heterocycles. The minimum atomic E-state index is -0.385. The fraction of sp³-hybridized carbons (Fsp3) is 0.667. The number of morpholine rings is 1. The standard InChI is InChI=1S/C15H21NO4S/c1-11-8-16(9-13(20-11)12-3-6-21-10-12)14(17)7-15-18-4-2-5-19-15/h3,6,10-11,13,15H,2,4-5,7-9H2,1H3/t11-,13+/m1/s1. The first kappa shape index (κ1) is 15.0. The smallest absolute Gasteiger partial charge is 0.227 e. The molecule has 0 radical (unpaired) electrons. The van der Waals surface area contributed by atoms with Gasteiger partial charge < -0.3 is 19.1 Å². The van der Waals surface area contributed by atoms with Crippen LogP contribution >= 0.6 is 11.3 Å². The summed E-state index contributed by atoms with van der Waals surface area (Å²) in [5, 5.41) is 4.12. The molecule has 6 heteroatoms. The molecule has 1 aromatic rings. The summed E-state index contributed by atoms with van der Waals surface area (Å²) < 4.78 is 16.9. The molecule has 2 atom stereocenters. The lowest BCUT2D eigenvalue weighted by Crippen LogP contribution is -2.47. The van der Waals surface area contributed by atoms with Crippen LogP contribution in [0.25, 0.3) is 0 Å². The van der Waals surface area contributed by atoms with Crippen LogP contribution in [0.4, 0.5) is 0 Å². The summed E-state index contributed by atoms with van der Waals surface area (Å²) in [6.07, 6.45) is 0.824. The van der Waals surface area contributed by atoms with Gasteiger partial charge in [0.05, 0.1) is 32.3 Å². The Morgan fingerprint density at radius 1 is 1.38 bits per heavy atom. The molecule has 2 fully saturated rings. The van der Waals surface area contributed by atoms with Gasteiger partial charge in [0.1, 0.15) is 6.10 Å². The zero-order chi connectivity index (χ0) is 14.7. The summed E-state index contributed by atoms with van der Waals surface area (Å²) in [7, 11) is 0. The van der Waals surface area contributed by atoms with E-state index in [9.17, 15) is 4.79 Å². The van der Waals surface area contributed by atoms with Crippen LogP contribution in [0.1, 0.15) is 31.4 Å². The number of amides is 1. The average Bonchev–Trinajstić information content (AvgIpc) is 3.02. The second kappa shape index (κ2) is 6.87. The Kier molecular flexibility index (Phi) is 4.90. The number of hydrogen-bond acceptors (Lipinski definition) is 5. The predicted molar refractivity (Wildman–Crippen MR) is 79.1 cm³/mol. The topological polar surface area (TPSA) is 48.0 Å². The molecule has 0 unspecified atom stereocenters. The monoisotopic (exact) mass is 311 g/mol. The largest absolute Gasteiger partial charge is 0.367 e. The van der Waals surface area contributed by atoms with Crippen molar-refractivity contribution in [3.05, 3.63) is 22.4 Å². The van der Waals surface area contributed by atoms with E-state index in [0.717, 1.165) is 12.0 Å². The Morgan fingerprint density at radius 3 is 2.90 bits per heavy atom. The molecule has 5 nitrogen and oxygen atoms in total. The SMILES string of the molecule is C[C@@H]1CN(C(=O)CC2OCCCO2)C[C@@H](c2ccsc2)O1. The van der Waals surface area contributed by atoms with E-state index in [4.69, 9.17) is 14.2 Å². The Hall–Kier alpha value is -0.950. The van der Waals surface area contributed by atoms with Crippen molar-refractivity contribution in [3.63, 3.8) is 0 Å². The van der Waals surface area contributed by atoms with E-state index < -0.39 is 0 Å². The van der Waals surface area contributed by atoms with Gasteiger partial charge in [-0.3, -0.25) is 4.79 Å². The molecule has 3 heterocycles. The van der Waals surface area contributed by atoms with E-state index in [1.165, 1.54) is 0 Å². The number of carbonyl (C=O) groups excluding carboxylic acids is 1. The maximum Gasteiger partial charge on any atom is 0.227 e. The van der Waals surface area contributed by atoms with Gasteiger partial charge in [0, 0.05) is 6.54 Å². The normalized spacial score (nSPS) is 27.8. The van der Waals surface area contributed by atoms with Crippen LogP contribution in [0.3, 0.4) is 0 Å². The summed E-state index contributed by atoms with van der Waals surface area (Å²) in [6.45, 7) is 4.59. The van der Waals surface area contributed by atoms with Crippen LogP contribution in [-0.2, 0) is 19.0 Å². The number of nitrogens with zero attached hydrogens (tertiary/aromatic N) is 1. The van der Waals surface area contributed by atoms with Gasteiger partial charge in [0.2, 0.25) is 5.91 Å². The van der Waals surface area contributed by atoms with Gasteiger partial charge in [-0.05, 0) is 35.7 Å². The maximum atomic E-state index is 12.4. The molecule has 2 saturated heterocycles. The highest BCUT2D eigenvalue weighted by Gasteiger charge is 2.31. The van der Waals surface area contributed by atoms with E-state index in [1.54, 1.807) is 11.3 Å². The van der Waals surface area contributed by atoms with E-state index >= 15 is 0 Å². The highest BCUT2D eigenvalue weighted by molar-refractivity contribution is 7.07. The second-order valence-electron chi connectivity index (χ2n) is 5.52. The van der Waals surface area contributed by atoms with Crippen LogP contribution in [0.2, 0.25) is 0 Å². The number of ether oxygens (including phenoxy) is 3. The maximum absolute atomic E-state index is 12.4. The third-order valence-corrected chi connectivity index (χ3v) is 4.47. The fourth-order valence-corrected chi connectivity index (χ4v) is 3.43. The van der Waals surface area contributed by atoms with Gasteiger partial charge in [-0.25, -0.2) is 0 Å². The molecule has 2 aliphatic heterocycles. The van der Waals surface area contributed by atoms with E-state index in [-0.39, 0.29) is 24.4 Å². The number of hydrogen-bond donors (Lipinski definition) is 0. The number of rotatable bonds is 3. The molecule has 1 amide bonds. The Bertz CT molecular complexity index is 458. The van der Waals surface area contributed by atoms with Crippen LogP contribution in [0.15, 0.2) is 16.8 Å². The predicted octanol–water partition coefficient (Wildman–Crippen LogP) is 2.19. The molecular formula is C15H21NO4S. The highest BCUT2D eigenvalue weighted by atomic mass is 32.1. The quantitative estimate of drug-likeness (QED) is 0.858. The molecule has 0 saturated carbocycles. The lowest BCUT2D eigenvalue weighted by atomic mass is 10.1. The Balaban J connectivity index is 1.59. The molecule has 0 spiro atoms. The number of thiophene rings is 1. The van der Waals surface area contributed by atoms with Crippen molar-refractivity contribution in [3.8, 4) is 0 Å². The van der Waals surface area contributed by atoms with E-state index in [2.05, 4.69) is 11.4 Å². The van der Waals surface area contributed by atoms with Crippen LogP contribution in [0.5, 0.6) is 0 Å². The van der Waals surface area contributed by atoms with Crippen molar-refractivity contribution < 1.29 is 19.0 Å². The van der Waals surface area contributed by atoms with Gasteiger partial charge in [0.15, 0.2) is 6.29 Å². The van der Waals surface area contributed by atoms with Crippen LogP contribution in [0, 0.1) is 0 Å². The first-order valence-electron chi connectivity index (χ1n) is 7.41. The molecule has 0 bridgehead atoms. The molecule has 2 aliphatic rings. The minimum Gasteiger partial charge on any atom is -0.367 e. The average molecular weight is 311 g/mol. The van der Waals surface area contributed by atoms with Crippen molar-refractivity contribution in [1.29, 1.82) is 0 Å². The van der Waals surface area contributed by atoms with Crippen LogP contribution in [-0.4, -0.2) is 49.5 Å². The van der Waals surface area contributed by atoms with Crippen molar-refractivity contribution >= 4 is 17.2 Å². The summed E-state index contributed by atoms with van der Waals surface area (Å²) in [5.74, 6) is 0.0808. The van der Waals surface area contributed by atoms with Crippen LogP contribution < -0.4 is 0 Å². The summed E-state index contributed by atoms with van der Waals surface area (Å²) in [6, 6.07) is 2.06. The number of carbonyl (C=O) groups is 1. The first-order chi connectivity index (χ1) is 10.2. The van der Waals surface area contributed by atoms with Crippen molar-refractivity contribution in [1.82, 2.24) is 4.90 Å². The second-order valence-corrected chi connectivity index (χ2v) is 6.30. The molecule has 0 N–H and O–H groups in total. The Labute approximate surface area is 128 Å². The van der Waals surface area contributed by atoms with Crippen molar-refractivity contribution in [2.24, 2.45) is 0 Å². The molecule has 21 heavy (non-hydrogen) atoms. The molecule has 0 aromatic carbocycles. The summed E-state index contributed by atoms with van der Waals surface area (Å²) in [5.41, 5.74) is 1.15. The molecule has 0 aliphatic carbocycles. The van der Waals surface area contributed by atoms with E-state index in [1.807, 2.05) is 17.2 Å². The first-order valence-corrected chi connectivity index (χ1v) is 8.35. The fourth-order valence-electron chi connectivity index (χ4n) is 2.72. The lowest BCUT2D eigenvalue weighted by Gasteiger charge is -2.37. The van der Waals surface area contributed by atoms with Gasteiger partial charge >= 0.3 is 0 Å². The van der Waals surface area contributed by atoms with Crippen molar-refractivity contribution in [2.75, 3.05) is 26.3 Å². The lowest BCUT2D eigenvalue weighted by molar-refractivity contribution is -0.190. The van der Waals surface area contributed by atoms with Gasteiger partial charge in [-0.1, -0.05) is 0 Å². The third kappa shape index (κ3) is 3.83. The summed E-state index contributed by atoms with van der Waals surface area (Å²) >= 11 is 1.65. The molecular weight excluding hydrogens is 290 g/mol. The summed E-state index contributed by atoms with van der Waals surface area (Å²) in [4.78, 5) is 14.3. The van der Waals surface area contributed by atoms with Crippen molar-refractivity contribution in [2.45, 2.75) is 38.3 Å². The van der Waals surface area contributed by atoms with E-state index in [0.29, 0.717) is 32.7 Å². The molecule has 116 valence electrons. The van der Waals surface area contributed by atoms with Gasteiger partial charge in [0.25, 0.3) is 0 Å². The zero-order valence-corrected chi connectivity index (χ0v) is 13.0. The van der Waals surface area contributed by atoms with Gasteiger partial charge in [-0.2, -0.15) is 11.3 Å². The molecule has 3 rings (SSSR count). The highest BCUT2D eigenvalue weighted by Crippen LogP contribution is 2.27. The Morgan fingerprint density at radius 2 is 2.19 bits per heavy atom. The third-order valence-electron chi connectivity index (χ3n) is 3.77. The zero-order valence-electron chi connectivity index (χ0n) is 12.2. The minimum absolute atomic E-state index is 0.0304.